The average molecular weight is 188 g/mol. The molecular weight excluding hydrogens is 179 g/mol. The van der Waals surface area contributed by atoms with Crippen LogP contribution in [0.15, 0.2) is 24.3 Å². The van der Waals surface area contributed by atoms with E-state index in [1.165, 1.54) is 0 Å². The number of aliphatic hydroxyl groups excluding tert-OH is 1. The van der Waals surface area contributed by atoms with Gasteiger partial charge in [-0.25, -0.2) is 0 Å². The molecule has 0 fully saturated rings. The second-order valence-corrected chi connectivity index (χ2v) is 2.52. The number of carbonyl (C=O) groups is 1. The summed E-state index contributed by atoms with van der Waals surface area (Å²) in [4.78, 5) is 10.2. The summed E-state index contributed by atoms with van der Waals surface area (Å²) in [6, 6.07) is 6.72. The number of hydrogen-bond acceptors (Lipinski definition) is 3. The van der Waals surface area contributed by atoms with Crippen LogP contribution in [0.1, 0.15) is 11.1 Å². The standard InChI is InChI=1S/C9H10O3.Na/c10-6-8-3-1-7(2-4-8)5-9(11)12;/h1-4,10H,5-6H2,(H,11,12);/q;+1/p-1. The summed E-state index contributed by atoms with van der Waals surface area (Å²) in [6.45, 7) is -0.0222. The number of benzene rings is 1. The Hall–Kier alpha value is -0.350. The first-order chi connectivity index (χ1) is 5.72. The third-order valence-electron chi connectivity index (χ3n) is 1.55. The zero-order chi connectivity index (χ0) is 8.97. The van der Waals surface area contributed by atoms with Crippen LogP contribution in [0.25, 0.3) is 0 Å². The van der Waals surface area contributed by atoms with Crippen molar-refractivity contribution in [3.8, 4) is 0 Å². The maximum atomic E-state index is 10.2. The molecule has 3 nitrogen and oxygen atoms in total. The number of carboxylic acids is 1. The molecule has 4 heteroatoms. The normalized spacial score (nSPS) is 9.00. The zero-order valence-electron chi connectivity index (χ0n) is 7.49. The van der Waals surface area contributed by atoms with E-state index >= 15 is 0 Å². The molecule has 0 aliphatic carbocycles. The Balaban J connectivity index is 0.00000144. The molecule has 1 N–H and O–H groups in total. The second-order valence-electron chi connectivity index (χ2n) is 2.52. The first-order valence-electron chi connectivity index (χ1n) is 3.61. The summed E-state index contributed by atoms with van der Waals surface area (Å²) >= 11 is 0. The Morgan fingerprint density at radius 2 is 1.69 bits per heavy atom. The van der Waals surface area contributed by atoms with Crippen LogP contribution >= 0.6 is 0 Å². The fourth-order valence-electron chi connectivity index (χ4n) is 0.929. The Morgan fingerprint density at radius 3 is 2.08 bits per heavy atom. The molecular formula is C9H9NaO3. The van der Waals surface area contributed by atoms with Gasteiger partial charge in [0.2, 0.25) is 0 Å². The Kier molecular flexibility index (Phi) is 5.99. The second kappa shape index (κ2) is 6.16. The third kappa shape index (κ3) is 4.43. The van der Waals surface area contributed by atoms with Crippen molar-refractivity contribution in [2.45, 2.75) is 13.0 Å². The van der Waals surface area contributed by atoms with Crippen molar-refractivity contribution in [2.24, 2.45) is 0 Å². The summed E-state index contributed by atoms with van der Waals surface area (Å²) in [5, 5.41) is 18.8. The van der Waals surface area contributed by atoms with E-state index in [1.54, 1.807) is 24.3 Å². The summed E-state index contributed by atoms with van der Waals surface area (Å²) < 4.78 is 0. The number of carboxylic acid groups (broad SMARTS) is 1. The molecule has 13 heavy (non-hydrogen) atoms. The minimum absolute atomic E-state index is 0. The van der Waals surface area contributed by atoms with Gasteiger partial charge in [-0.15, -0.1) is 0 Å². The van der Waals surface area contributed by atoms with E-state index in [0.717, 1.165) is 5.56 Å². The van der Waals surface area contributed by atoms with Crippen LogP contribution in [0.3, 0.4) is 0 Å². The van der Waals surface area contributed by atoms with Crippen LogP contribution in [-0.2, 0) is 17.8 Å². The molecule has 0 saturated heterocycles. The molecule has 0 bridgehead atoms. The minimum atomic E-state index is -1.09. The molecule has 1 aromatic rings. The van der Waals surface area contributed by atoms with E-state index < -0.39 is 5.97 Å². The van der Waals surface area contributed by atoms with Gasteiger partial charge in [0.15, 0.2) is 0 Å². The first kappa shape index (κ1) is 12.7. The number of hydrogen-bond donors (Lipinski definition) is 1. The fourth-order valence-corrected chi connectivity index (χ4v) is 0.929. The van der Waals surface area contributed by atoms with Crippen molar-refractivity contribution in [2.75, 3.05) is 0 Å². The molecule has 1 aromatic carbocycles. The van der Waals surface area contributed by atoms with Crippen molar-refractivity contribution in [3.05, 3.63) is 35.4 Å². The van der Waals surface area contributed by atoms with Crippen LogP contribution < -0.4 is 34.7 Å². The van der Waals surface area contributed by atoms with Crippen molar-refractivity contribution < 1.29 is 44.6 Å². The van der Waals surface area contributed by atoms with Crippen molar-refractivity contribution in [3.63, 3.8) is 0 Å². The SMILES string of the molecule is O=C([O-])Cc1ccc(CO)cc1.[Na+]. The minimum Gasteiger partial charge on any atom is -0.550 e. The first-order valence-corrected chi connectivity index (χ1v) is 3.61. The molecule has 0 unspecified atom stereocenters. The molecule has 0 aliphatic rings. The van der Waals surface area contributed by atoms with E-state index in [2.05, 4.69) is 0 Å². The van der Waals surface area contributed by atoms with Gasteiger partial charge in [0.05, 0.1) is 6.61 Å². The van der Waals surface area contributed by atoms with E-state index in [4.69, 9.17) is 5.11 Å². The van der Waals surface area contributed by atoms with Crippen molar-refractivity contribution >= 4 is 5.97 Å². The predicted octanol–water partition coefficient (Wildman–Crippen LogP) is -3.52. The molecule has 0 aliphatic heterocycles. The van der Waals surface area contributed by atoms with E-state index in [1.807, 2.05) is 0 Å². The molecule has 0 spiro atoms. The van der Waals surface area contributed by atoms with Gasteiger partial charge in [-0.2, -0.15) is 0 Å². The van der Waals surface area contributed by atoms with Gasteiger partial charge >= 0.3 is 29.6 Å². The monoisotopic (exact) mass is 188 g/mol. The van der Waals surface area contributed by atoms with E-state index in [0.29, 0.717) is 5.56 Å². The molecule has 64 valence electrons. The summed E-state index contributed by atoms with van der Waals surface area (Å²) in [5.41, 5.74) is 1.46. The quantitative estimate of drug-likeness (QED) is 0.500. The predicted molar refractivity (Wildman–Crippen MR) is 41.1 cm³/mol. The molecule has 0 atom stereocenters. The van der Waals surface area contributed by atoms with Gasteiger partial charge in [-0.1, -0.05) is 24.3 Å². The topological polar surface area (TPSA) is 60.4 Å². The number of aliphatic carboxylic acids is 1. The number of aliphatic hydroxyl groups is 1. The van der Waals surface area contributed by atoms with Crippen LogP contribution in [0.5, 0.6) is 0 Å². The Bertz CT molecular complexity index is 269. The molecule has 0 amide bonds. The largest absolute Gasteiger partial charge is 1.00 e. The molecule has 0 saturated carbocycles. The number of carbonyl (C=O) groups excluding carboxylic acids is 1. The number of rotatable bonds is 3. The average Bonchev–Trinajstić information content (AvgIpc) is 2.05. The van der Waals surface area contributed by atoms with Crippen LogP contribution in [-0.4, -0.2) is 11.1 Å². The van der Waals surface area contributed by atoms with Gasteiger partial charge in [-0.05, 0) is 11.1 Å². The smallest absolute Gasteiger partial charge is 0.550 e. The van der Waals surface area contributed by atoms with Gasteiger partial charge in [-0.3, -0.25) is 0 Å². The Morgan fingerprint density at radius 1 is 1.23 bits per heavy atom. The Labute approximate surface area is 98.7 Å². The maximum Gasteiger partial charge on any atom is 1.00 e. The van der Waals surface area contributed by atoms with Crippen LogP contribution in [0.2, 0.25) is 0 Å². The summed E-state index contributed by atoms with van der Waals surface area (Å²) in [6.07, 6.45) is -0.0777. The molecule has 1 rings (SSSR count). The molecule has 0 aromatic heterocycles. The summed E-state index contributed by atoms with van der Waals surface area (Å²) in [5.74, 6) is -1.09. The van der Waals surface area contributed by atoms with Gasteiger partial charge in [0.1, 0.15) is 0 Å². The molecule has 0 radical (unpaired) electrons. The zero-order valence-corrected chi connectivity index (χ0v) is 9.49. The van der Waals surface area contributed by atoms with Crippen LogP contribution in [0.4, 0.5) is 0 Å². The fraction of sp³-hybridized carbons (Fsp3) is 0.222. The van der Waals surface area contributed by atoms with Gasteiger partial charge in [0, 0.05) is 12.4 Å². The van der Waals surface area contributed by atoms with Gasteiger partial charge < -0.3 is 15.0 Å². The van der Waals surface area contributed by atoms with E-state index in [9.17, 15) is 9.90 Å². The van der Waals surface area contributed by atoms with Crippen LogP contribution in [0, 0.1) is 0 Å². The maximum absolute atomic E-state index is 10.2. The molecule has 0 heterocycles. The van der Waals surface area contributed by atoms with Crippen molar-refractivity contribution in [1.82, 2.24) is 0 Å². The third-order valence-corrected chi connectivity index (χ3v) is 1.55. The van der Waals surface area contributed by atoms with E-state index in [-0.39, 0.29) is 42.6 Å². The summed E-state index contributed by atoms with van der Waals surface area (Å²) in [7, 11) is 0. The van der Waals surface area contributed by atoms with Crippen molar-refractivity contribution in [1.29, 1.82) is 0 Å². The van der Waals surface area contributed by atoms with Gasteiger partial charge in [0.25, 0.3) is 0 Å².